The Hall–Kier alpha value is -1.62. The Morgan fingerprint density at radius 3 is 2.79 bits per heavy atom. The Balaban J connectivity index is 2.40. The van der Waals surface area contributed by atoms with Crippen LogP contribution in [0.3, 0.4) is 0 Å². The highest BCUT2D eigenvalue weighted by molar-refractivity contribution is 9.10. The van der Waals surface area contributed by atoms with Crippen LogP contribution in [0.1, 0.15) is 18.1 Å². The van der Waals surface area contributed by atoms with Gasteiger partial charge < -0.3 is 10.1 Å². The molecule has 1 N–H and O–H groups in total. The summed E-state index contributed by atoms with van der Waals surface area (Å²) < 4.78 is 6.91. The van der Waals surface area contributed by atoms with Gasteiger partial charge >= 0.3 is 0 Å². The summed E-state index contributed by atoms with van der Waals surface area (Å²) in [5, 5.41) is 3.06. The Bertz CT molecular complexity index is 587. The summed E-state index contributed by atoms with van der Waals surface area (Å²) >= 11 is 3.45. The number of halogens is 1. The molecule has 0 bridgehead atoms. The lowest BCUT2D eigenvalue weighted by Gasteiger charge is -2.13. The van der Waals surface area contributed by atoms with Crippen molar-refractivity contribution in [3.63, 3.8) is 0 Å². The van der Waals surface area contributed by atoms with Crippen molar-refractivity contribution >= 4 is 21.7 Å². The van der Waals surface area contributed by atoms with E-state index in [0.29, 0.717) is 5.88 Å². The van der Waals surface area contributed by atoms with E-state index in [4.69, 9.17) is 4.74 Å². The average molecular weight is 322 g/mol. The number of hydrogen-bond donors (Lipinski definition) is 1. The molecule has 0 spiro atoms. The van der Waals surface area contributed by atoms with Crippen molar-refractivity contribution in [1.29, 1.82) is 0 Å². The second-order valence-electron chi connectivity index (χ2n) is 4.12. The topological polar surface area (TPSA) is 47.0 Å². The van der Waals surface area contributed by atoms with Gasteiger partial charge in [-0.3, -0.25) is 0 Å². The van der Waals surface area contributed by atoms with Crippen molar-refractivity contribution in [2.45, 2.75) is 20.3 Å². The first-order valence-electron chi connectivity index (χ1n) is 6.11. The largest absolute Gasteiger partial charge is 0.438 e. The van der Waals surface area contributed by atoms with Gasteiger partial charge in [0.25, 0.3) is 0 Å². The van der Waals surface area contributed by atoms with E-state index >= 15 is 0 Å². The number of anilines is 1. The van der Waals surface area contributed by atoms with E-state index in [-0.39, 0.29) is 0 Å². The molecule has 0 atom stereocenters. The lowest BCUT2D eigenvalue weighted by Crippen LogP contribution is -2.02. The number of nitrogens with one attached hydrogen (secondary N) is 1. The maximum Gasteiger partial charge on any atom is 0.227 e. The molecule has 0 fully saturated rings. The molecular formula is C14H16BrN3O. The minimum atomic E-state index is 0.600. The molecule has 1 aromatic carbocycles. The van der Waals surface area contributed by atoms with Crippen molar-refractivity contribution in [3.05, 3.63) is 40.1 Å². The zero-order valence-corrected chi connectivity index (χ0v) is 12.8. The minimum absolute atomic E-state index is 0.600. The third kappa shape index (κ3) is 3.04. The summed E-state index contributed by atoms with van der Waals surface area (Å²) in [6.45, 7) is 4.06. The standard InChI is InChI=1S/C14H16BrN3O/c1-4-11-13(16-3)17-8-18-14(11)19-12-7-10(15)6-5-9(12)2/h5-8H,4H2,1-3H3,(H,16,17,18). The smallest absolute Gasteiger partial charge is 0.227 e. The van der Waals surface area contributed by atoms with Gasteiger partial charge in [-0.15, -0.1) is 0 Å². The molecule has 4 nitrogen and oxygen atoms in total. The predicted octanol–water partition coefficient (Wildman–Crippen LogP) is 3.94. The second kappa shape index (κ2) is 6.02. The fourth-order valence-electron chi connectivity index (χ4n) is 1.81. The molecule has 100 valence electrons. The molecule has 1 heterocycles. The van der Waals surface area contributed by atoms with Crippen molar-refractivity contribution in [3.8, 4) is 11.6 Å². The number of rotatable bonds is 4. The van der Waals surface area contributed by atoms with Crippen molar-refractivity contribution in [1.82, 2.24) is 9.97 Å². The van der Waals surface area contributed by atoms with Gasteiger partial charge in [0.1, 0.15) is 17.9 Å². The molecule has 0 saturated heterocycles. The highest BCUT2D eigenvalue weighted by Crippen LogP contribution is 2.30. The first-order valence-corrected chi connectivity index (χ1v) is 6.90. The summed E-state index contributed by atoms with van der Waals surface area (Å²) in [5.41, 5.74) is 2.04. The first kappa shape index (κ1) is 13.8. The van der Waals surface area contributed by atoms with Crippen LogP contribution >= 0.6 is 15.9 Å². The van der Waals surface area contributed by atoms with Crippen LogP contribution < -0.4 is 10.1 Å². The van der Waals surface area contributed by atoms with E-state index in [2.05, 4.69) is 38.1 Å². The van der Waals surface area contributed by atoms with Crippen molar-refractivity contribution in [2.24, 2.45) is 0 Å². The van der Waals surface area contributed by atoms with Gasteiger partial charge in [-0.2, -0.15) is 0 Å². The Labute approximate surface area is 121 Å². The van der Waals surface area contributed by atoms with E-state index in [1.165, 1.54) is 6.33 Å². The fraction of sp³-hybridized carbons (Fsp3) is 0.286. The molecule has 0 unspecified atom stereocenters. The molecule has 19 heavy (non-hydrogen) atoms. The van der Waals surface area contributed by atoms with Gasteiger partial charge in [0.2, 0.25) is 5.88 Å². The van der Waals surface area contributed by atoms with Gasteiger partial charge in [-0.05, 0) is 31.0 Å². The zero-order chi connectivity index (χ0) is 13.8. The quantitative estimate of drug-likeness (QED) is 0.926. The number of nitrogens with zero attached hydrogens (tertiary/aromatic N) is 2. The van der Waals surface area contributed by atoms with Crippen LogP contribution in [0, 0.1) is 6.92 Å². The van der Waals surface area contributed by atoms with E-state index in [1.807, 2.05) is 32.2 Å². The van der Waals surface area contributed by atoms with Crippen LogP contribution in [0.5, 0.6) is 11.6 Å². The molecule has 5 heteroatoms. The summed E-state index contributed by atoms with van der Waals surface area (Å²) in [6, 6.07) is 5.93. The normalized spacial score (nSPS) is 10.3. The Kier molecular flexibility index (Phi) is 4.37. The SMILES string of the molecule is CCc1c(NC)ncnc1Oc1cc(Br)ccc1C. The van der Waals surface area contributed by atoms with Crippen LogP contribution in [0.4, 0.5) is 5.82 Å². The Morgan fingerprint density at radius 1 is 1.32 bits per heavy atom. The van der Waals surface area contributed by atoms with E-state index in [1.54, 1.807) is 0 Å². The maximum atomic E-state index is 5.93. The molecule has 0 amide bonds. The average Bonchev–Trinajstić information content (AvgIpc) is 2.42. The fourth-order valence-corrected chi connectivity index (χ4v) is 2.15. The van der Waals surface area contributed by atoms with Gasteiger partial charge in [-0.1, -0.05) is 28.9 Å². The molecule has 0 aliphatic heterocycles. The third-order valence-electron chi connectivity index (χ3n) is 2.85. The first-order chi connectivity index (χ1) is 9.15. The summed E-state index contributed by atoms with van der Waals surface area (Å²) in [4.78, 5) is 8.43. The molecule has 0 aliphatic rings. The lowest BCUT2D eigenvalue weighted by atomic mass is 10.2. The molecule has 0 radical (unpaired) electrons. The predicted molar refractivity (Wildman–Crippen MR) is 79.9 cm³/mol. The summed E-state index contributed by atoms with van der Waals surface area (Å²) in [5.74, 6) is 2.20. The lowest BCUT2D eigenvalue weighted by molar-refractivity contribution is 0.452. The minimum Gasteiger partial charge on any atom is -0.438 e. The number of ether oxygens (including phenoxy) is 1. The van der Waals surface area contributed by atoms with E-state index in [0.717, 1.165) is 33.6 Å². The van der Waals surface area contributed by atoms with E-state index in [9.17, 15) is 0 Å². The van der Waals surface area contributed by atoms with Crippen LogP contribution in [0.25, 0.3) is 0 Å². The Morgan fingerprint density at radius 2 is 2.11 bits per heavy atom. The highest BCUT2D eigenvalue weighted by Gasteiger charge is 2.12. The molecule has 2 aromatic rings. The molecule has 1 aromatic heterocycles. The maximum absolute atomic E-state index is 5.93. The van der Waals surface area contributed by atoms with Crippen molar-refractivity contribution < 1.29 is 4.74 Å². The number of hydrogen-bond acceptors (Lipinski definition) is 4. The number of aryl methyl sites for hydroxylation is 1. The van der Waals surface area contributed by atoms with Crippen LogP contribution in [0.15, 0.2) is 29.0 Å². The second-order valence-corrected chi connectivity index (χ2v) is 5.04. The monoisotopic (exact) mass is 321 g/mol. The summed E-state index contributed by atoms with van der Waals surface area (Å²) in [7, 11) is 1.84. The van der Waals surface area contributed by atoms with E-state index < -0.39 is 0 Å². The van der Waals surface area contributed by atoms with Crippen LogP contribution in [-0.2, 0) is 6.42 Å². The van der Waals surface area contributed by atoms with Gasteiger partial charge in [0.05, 0.1) is 5.56 Å². The number of benzene rings is 1. The van der Waals surface area contributed by atoms with Crippen LogP contribution in [-0.4, -0.2) is 17.0 Å². The van der Waals surface area contributed by atoms with Gasteiger partial charge in [0, 0.05) is 11.5 Å². The molecule has 2 rings (SSSR count). The summed E-state index contributed by atoms with van der Waals surface area (Å²) in [6.07, 6.45) is 2.31. The third-order valence-corrected chi connectivity index (χ3v) is 3.35. The highest BCUT2D eigenvalue weighted by atomic mass is 79.9. The van der Waals surface area contributed by atoms with Gasteiger partial charge in [0.15, 0.2) is 0 Å². The molecule has 0 saturated carbocycles. The van der Waals surface area contributed by atoms with Crippen LogP contribution in [0.2, 0.25) is 0 Å². The van der Waals surface area contributed by atoms with Crippen molar-refractivity contribution in [2.75, 3.05) is 12.4 Å². The number of aromatic nitrogens is 2. The molecule has 0 aliphatic carbocycles. The molecular weight excluding hydrogens is 306 g/mol. The zero-order valence-electron chi connectivity index (χ0n) is 11.2. The van der Waals surface area contributed by atoms with Gasteiger partial charge in [-0.25, -0.2) is 9.97 Å².